The van der Waals surface area contributed by atoms with Crippen molar-refractivity contribution in [3.63, 3.8) is 0 Å². The highest BCUT2D eigenvalue weighted by molar-refractivity contribution is 5.79. The maximum Gasteiger partial charge on any atom is 0.258 e. The van der Waals surface area contributed by atoms with Crippen molar-refractivity contribution in [2.75, 3.05) is 13.7 Å². The number of amides is 1. The highest BCUT2D eigenvalue weighted by Gasteiger charge is 2.23. The van der Waals surface area contributed by atoms with Crippen molar-refractivity contribution < 1.29 is 19.1 Å². The zero-order chi connectivity index (χ0) is 15.9. The lowest BCUT2D eigenvalue weighted by molar-refractivity contribution is -0.124. The summed E-state index contributed by atoms with van der Waals surface area (Å²) in [4.78, 5) is 22.9. The number of hydrogen-bond acceptors (Lipinski definition) is 4. The predicted molar refractivity (Wildman–Crippen MR) is 83.4 cm³/mol. The Kier molecular flexibility index (Phi) is 5.81. The third-order valence-corrected chi connectivity index (χ3v) is 4.14. The van der Waals surface area contributed by atoms with Crippen molar-refractivity contribution in [2.45, 2.75) is 38.6 Å². The van der Waals surface area contributed by atoms with E-state index in [1.165, 1.54) is 13.5 Å². The number of ether oxygens (including phenoxy) is 2. The molecule has 120 valence electrons. The summed E-state index contributed by atoms with van der Waals surface area (Å²) in [6.45, 7) is 2.09. The monoisotopic (exact) mass is 305 g/mol. The van der Waals surface area contributed by atoms with Crippen molar-refractivity contribution >= 4 is 12.2 Å². The maximum absolute atomic E-state index is 12.0. The van der Waals surface area contributed by atoms with E-state index in [0.717, 1.165) is 25.5 Å². The van der Waals surface area contributed by atoms with Gasteiger partial charge in [-0.05, 0) is 37.0 Å². The zero-order valence-corrected chi connectivity index (χ0v) is 13.1. The van der Waals surface area contributed by atoms with Gasteiger partial charge in [0.25, 0.3) is 5.91 Å². The maximum atomic E-state index is 12.0. The number of aldehydes is 1. The molecule has 1 aromatic rings. The van der Waals surface area contributed by atoms with Gasteiger partial charge >= 0.3 is 0 Å². The first kappa shape index (κ1) is 16.3. The molecule has 2 atom stereocenters. The molecule has 2 rings (SSSR count). The van der Waals surface area contributed by atoms with Crippen LogP contribution in [0.1, 0.15) is 43.0 Å². The van der Waals surface area contributed by atoms with Crippen LogP contribution in [0, 0.1) is 5.92 Å². The number of carbonyl (C=O) groups excluding carboxylic acids is 2. The molecule has 1 fully saturated rings. The van der Waals surface area contributed by atoms with E-state index in [1.54, 1.807) is 18.2 Å². The molecule has 1 N–H and O–H groups in total. The molecule has 0 radical (unpaired) electrons. The minimum absolute atomic E-state index is 0.0815. The Morgan fingerprint density at radius 2 is 2.09 bits per heavy atom. The first-order valence-corrected chi connectivity index (χ1v) is 7.69. The van der Waals surface area contributed by atoms with Crippen molar-refractivity contribution in [1.82, 2.24) is 5.32 Å². The second-order valence-corrected chi connectivity index (χ2v) is 5.75. The number of hydrogen-bond donors (Lipinski definition) is 1. The summed E-state index contributed by atoms with van der Waals surface area (Å²) in [6, 6.07) is 5.10. The topological polar surface area (TPSA) is 64.6 Å². The smallest absolute Gasteiger partial charge is 0.258 e. The zero-order valence-electron chi connectivity index (χ0n) is 13.1. The fraction of sp³-hybridized carbons (Fsp3) is 0.529. The van der Waals surface area contributed by atoms with Crippen LogP contribution in [0.15, 0.2) is 18.2 Å². The molecule has 5 heteroatoms. The Bertz CT molecular complexity index is 529. The van der Waals surface area contributed by atoms with Gasteiger partial charge in [-0.2, -0.15) is 0 Å². The average molecular weight is 305 g/mol. The highest BCUT2D eigenvalue weighted by atomic mass is 16.5. The normalized spacial score (nSPS) is 21.0. The van der Waals surface area contributed by atoms with E-state index < -0.39 is 0 Å². The molecule has 0 heterocycles. The number of methoxy groups -OCH3 is 1. The molecular weight excluding hydrogens is 282 g/mol. The molecule has 0 saturated heterocycles. The van der Waals surface area contributed by atoms with Crippen molar-refractivity contribution in [3.8, 4) is 11.5 Å². The Hall–Kier alpha value is -2.04. The minimum Gasteiger partial charge on any atom is -0.493 e. The van der Waals surface area contributed by atoms with Crippen molar-refractivity contribution in [2.24, 2.45) is 5.92 Å². The quantitative estimate of drug-likeness (QED) is 0.820. The third kappa shape index (κ3) is 4.23. The van der Waals surface area contributed by atoms with Gasteiger partial charge in [-0.15, -0.1) is 0 Å². The van der Waals surface area contributed by atoms with Gasteiger partial charge in [0.05, 0.1) is 7.11 Å². The van der Waals surface area contributed by atoms with Gasteiger partial charge in [-0.3, -0.25) is 9.59 Å². The van der Waals surface area contributed by atoms with E-state index in [1.807, 2.05) is 0 Å². The minimum atomic E-state index is -0.141. The van der Waals surface area contributed by atoms with Crippen molar-refractivity contribution in [3.05, 3.63) is 23.8 Å². The fourth-order valence-corrected chi connectivity index (χ4v) is 2.80. The predicted octanol–water partition coefficient (Wildman–Crippen LogP) is 2.58. The summed E-state index contributed by atoms with van der Waals surface area (Å²) in [7, 11) is 1.52. The summed E-state index contributed by atoms with van der Waals surface area (Å²) in [5.41, 5.74) is 0.483. The van der Waals surface area contributed by atoms with Gasteiger partial charge in [-0.1, -0.05) is 19.8 Å². The van der Waals surface area contributed by atoms with E-state index in [4.69, 9.17) is 9.47 Å². The Labute approximate surface area is 131 Å². The average Bonchev–Trinajstić information content (AvgIpc) is 2.54. The van der Waals surface area contributed by atoms with Crippen LogP contribution in [0.2, 0.25) is 0 Å². The molecule has 1 aliphatic rings. The Balaban J connectivity index is 1.91. The van der Waals surface area contributed by atoms with Gasteiger partial charge < -0.3 is 14.8 Å². The lowest BCUT2D eigenvalue weighted by Gasteiger charge is -2.29. The molecule has 0 aromatic heterocycles. The largest absolute Gasteiger partial charge is 0.493 e. The lowest BCUT2D eigenvalue weighted by atomic mass is 9.86. The summed E-state index contributed by atoms with van der Waals surface area (Å²) < 4.78 is 10.7. The fourth-order valence-electron chi connectivity index (χ4n) is 2.80. The standard InChI is InChI=1S/C17H23NO4/c1-12-5-3-4-6-14(12)18-17(20)11-22-16-9-13(10-19)7-8-15(16)21-2/h7-10,12,14H,3-6,11H2,1-2H3,(H,18,20)/t12-,14-/m0/s1. The lowest BCUT2D eigenvalue weighted by Crippen LogP contribution is -2.43. The molecule has 1 aromatic carbocycles. The summed E-state index contributed by atoms with van der Waals surface area (Å²) in [5, 5.41) is 3.03. The van der Waals surface area contributed by atoms with Crippen LogP contribution in [-0.2, 0) is 4.79 Å². The van der Waals surface area contributed by atoms with E-state index >= 15 is 0 Å². The molecule has 22 heavy (non-hydrogen) atoms. The number of benzene rings is 1. The van der Waals surface area contributed by atoms with Crippen LogP contribution in [-0.4, -0.2) is 32.0 Å². The van der Waals surface area contributed by atoms with E-state index in [-0.39, 0.29) is 18.6 Å². The molecule has 1 aliphatic carbocycles. The van der Waals surface area contributed by atoms with E-state index in [0.29, 0.717) is 23.0 Å². The molecule has 0 bridgehead atoms. The van der Waals surface area contributed by atoms with Crippen LogP contribution in [0.5, 0.6) is 11.5 Å². The van der Waals surface area contributed by atoms with Crippen LogP contribution >= 0.6 is 0 Å². The Morgan fingerprint density at radius 1 is 1.32 bits per heavy atom. The van der Waals surface area contributed by atoms with Gasteiger partial charge in [0.1, 0.15) is 6.29 Å². The molecule has 0 unspecified atom stereocenters. The second-order valence-electron chi connectivity index (χ2n) is 5.75. The second kappa shape index (κ2) is 7.82. The first-order valence-electron chi connectivity index (χ1n) is 7.69. The van der Waals surface area contributed by atoms with E-state index in [9.17, 15) is 9.59 Å². The van der Waals surface area contributed by atoms with Crippen LogP contribution in [0.3, 0.4) is 0 Å². The third-order valence-electron chi connectivity index (χ3n) is 4.14. The van der Waals surface area contributed by atoms with Crippen molar-refractivity contribution in [1.29, 1.82) is 0 Å². The SMILES string of the molecule is COc1ccc(C=O)cc1OCC(=O)N[C@H]1CCCC[C@@H]1C. The number of nitrogens with one attached hydrogen (secondary N) is 1. The van der Waals surface area contributed by atoms with Crippen LogP contribution in [0.4, 0.5) is 0 Å². The van der Waals surface area contributed by atoms with E-state index in [2.05, 4.69) is 12.2 Å². The molecule has 1 saturated carbocycles. The van der Waals surface area contributed by atoms with Crippen LogP contribution in [0.25, 0.3) is 0 Å². The molecule has 0 aliphatic heterocycles. The van der Waals surface area contributed by atoms with Gasteiger partial charge in [0.2, 0.25) is 0 Å². The highest BCUT2D eigenvalue weighted by Crippen LogP contribution is 2.27. The first-order chi connectivity index (χ1) is 10.6. The summed E-state index contributed by atoms with van der Waals surface area (Å²) in [6.07, 6.45) is 5.30. The summed E-state index contributed by atoms with van der Waals surface area (Å²) >= 11 is 0. The molecule has 0 spiro atoms. The number of rotatable bonds is 6. The Morgan fingerprint density at radius 3 is 2.77 bits per heavy atom. The number of carbonyl (C=O) groups is 2. The van der Waals surface area contributed by atoms with Gasteiger partial charge in [0.15, 0.2) is 18.1 Å². The summed E-state index contributed by atoms with van der Waals surface area (Å²) in [5.74, 6) is 1.27. The molecular formula is C17H23NO4. The molecule has 5 nitrogen and oxygen atoms in total. The van der Waals surface area contributed by atoms with Crippen LogP contribution < -0.4 is 14.8 Å². The van der Waals surface area contributed by atoms with Gasteiger partial charge in [-0.25, -0.2) is 0 Å². The van der Waals surface area contributed by atoms with Gasteiger partial charge in [0, 0.05) is 11.6 Å². The molecule has 1 amide bonds.